The van der Waals surface area contributed by atoms with E-state index in [1.807, 2.05) is 24.3 Å². The Morgan fingerprint density at radius 3 is 2.44 bits per heavy atom. The quantitative estimate of drug-likeness (QED) is 0.593. The van der Waals surface area contributed by atoms with Crippen LogP contribution < -0.4 is 14.9 Å². The summed E-state index contributed by atoms with van der Waals surface area (Å²) in [5.74, 6) is 2.21. The zero-order valence-electron chi connectivity index (χ0n) is 14.9. The van der Waals surface area contributed by atoms with Crippen molar-refractivity contribution >= 4 is 11.0 Å². The lowest BCUT2D eigenvalue weighted by Crippen LogP contribution is -2.06. The Bertz CT molecular complexity index is 1010. The Kier molecular flexibility index (Phi) is 4.09. The van der Waals surface area contributed by atoms with Gasteiger partial charge in [-0.3, -0.25) is 4.79 Å². The first-order valence-corrected chi connectivity index (χ1v) is 9.29. The van der Waals surface area contributed by atoms with E-state index in [2.05, 4.69) is 0 Å². The number of epoxide rings is 1. The van der Waals surface area contributed by atoms with Crippen LogP contribution in [0.25, 0.3) is 22.1 Å². The van der Waals surface area contributed by atoms with E-state index in [0.717, 1.165) is 24.5 Å². The second kappa shape index (κ2) is 6.74. The molecule has 1 saturated carbocycles. The third-order valence-corrected chi connectivity index (χ3v) is 4.93. The van der Waals surface area contributed by atoms with Gasteiger partial charge >= 0.3 is 0 Å². The lowest BCUT2D eigenvalue weighted by Gasteiger charge is -2.08. The summed E-state index contributed by atoms with van der Waals surface area (Å²) >= 11 is 0. The maximum absolute atomic E-state index is 12.9. The van der Waals surface area contributed by atoms with Crippen molar-refractivity contribution in [2.45, 2.75) is 18.9 Å². The number of ether oxygens (including phenoxy) is 3. The van der Waals surface area contributed by atoms with Crippen LogP contribution in [0, 0.1) is 5.92 Å². The van der Waals surface area contributed by atoms with Crippen LogP contribution in [0.4, 0.5) is 0 Å². The highest BCUT2D eigenvalue weighted by atomic mass is 16.6. The van der Waals surface area contributed by atoms with Crippen LogP contribution in [0.2, 0.25) is 0 Å². The molecule has 0 bridgehead atoms. The summed E-state index contributed by atoms with van der Waals surface area (Å²) in [5, 5.41) is 0.539. The van der Waals surface area contributed by atoms with Gasteiger partial charge < -0.3 is 18.6 Å². The van der Waals surface area contributed by atoms with Gasteiger partial charge in [-0.15, -0.1) is 0 Å². The summed E-state index contributed by atoms with van der Waals surface area (Å²) < 4.78 is 22.3. The molecule has 1 atom stereocenters. The van der Waals surface area contributed by atoms with Crippen LogP contribution >= 0.6 is 0 Å². The Balaban J connectivity index is 1.38. The number of fused-ring (bicyclic) bond motifs is 1. The predicted molar refractivity (Wildman–Crippen MR) is 101 cm³/mol. The molecular formula is C22H20O5. The Labute approximate surface area is 156 Å². The Morgan fingerprint density at radius 1 is 0.963 bits per heavy atom. The fourth-order valence-corrected chi connectivity index (χ4v) is 2.98. The van der Waals surface area contributed by atoms with Crippen molar-refractivity contribution in [3.8, 4) is 22.6 Å². The highest BCUT2D eigenvalue weighted by molar-refractivity contribution is 5.82. The monoisotopic (exact) mass is 364 g/mol. The maximum Gasteiger partial charge on any atom is 0.200 e. The molecule has 138 valence electrons. The lowest BCUT2D eigenvalue weighted by atomic mass is 10.1. The molecule has 2 aliphatic rings. The van der Waals surface area contributed by atoms with Crippen molar-refractivity contribution in [2.75, 3.05) is 19.8 Å². The number of benzene rings is 2. The van der Waals surface area contributed by atoms with Crippen LogP contribution in [0.5, 0.6) is 11.5 Å². The van der Waals surface area contributed by atoms with Crippen LogP contribution in [-0.2, 0) is 4.74 Å². The smallest absolute Gasteiger partial charge is 0.200 e. The van der Waals surface area contributed by atoms with Gasteiger partial charge in [0.1, 0.15) is 36.1 Å². The highest BCUT2D eigenvalue weighted by Gasteiger charge is 2.23. The first-order chi connectivity index (χ1) is 13.3. The average Bonchev–Trinajstić information content (AvgIpc) is 3.61. The number of rotatable bonds is 7. The summed E-state index contributed by atoms with van der Waals surface area (Å²) in [4.78, 5) is 12.9. The van der Waals surface area contributed by atoms with Gasteiger partial charge in [-0.25, -0.2) is 0 Å². The molecule has 0 N–H and O–H groups in total. The molecule has 1 saturated heterocycles. The van der Waals surface area contributed by atoms with Gasteiger partial charge in [0.25, 0.3) is 0 Å². The summed E-state index contributed by atoms with van der Waals surface area (Å²) in [6.45, 7) is 2.04. The molecule has 1 unspecified atom stereocenters. The standard InChI is InChI=1S/C22H20O5/c23-22-19-8-7-17(25-11-18-12-26-18)9-21(19)27-13-20(22)15-3-5-16(6-4-15)24-10-14-1-2-14/h3-9,13-14,18H,1-2,10-12H2. The van der Waals surface area contributed by atoms with Gasteiger partial charge in [-0.1, -0.05) is 12.1 Å². The molecule has 1 aliphatic carbocycles. The van der Waals surface area contributed by atoms with E-state index in [1.54, 1.807) is 18.2 Å². The van der Waals surface area contributed by atoms with Gasteiger partial charge in [0.05, 0.1) is 24.2 Å². The first kappa shape index (κ1) is 16.4. The van der Waals surface area contributed by atoms with E-state index in [0.29, 0.717) is 34.8 Å². The molecule has 2 aromatic carbocycles. The second-order valence-electron chi connectivity index (χ2n) is 7.18. The zero-order valence-corrected chi connectivity index (χ0v) is 14.9. The molecular weight excluding hydrogens is 344 g/mol. The predicted octanol–water partition coefficient (Wildman–Crippen LogP) is 4.03. The van der Waals surface area contributed by atoms with Crippen LogP contribution in [-0.4, -0.2) is 25.9 Å². The van der Waals surface area contributed by atoms with Gasteiger partial charge in [-0.05, 0) is 48.6 Å². The molecule has 0 spiro atoms. The summed E-state index contributed by atoms with van der Waals surface area (Å²) in [5.41, 5.74) is 1.81. The van der Waals surface area contributed by atoms with E-state index in [1.165, 1.54) is 19.1 Å². The first-order valence-electron chi connectivity index (χ1n) is 9.29. The SMILES string of the molecule is O=c1c(-c2ccc(OCC3CC3)cc2)coc2cc(OCC3CO3)ccc12. The van der Waals surface area contributed by atoms with Gasteiger partial charge in [0.15, 0.2) is 5.43 Å². The fourth-order valence-electron chi connectivity index (χ4n) is 2.98. The van der Waals surface area contributed by atoms with E-state index in [4.69, 9.17) is 18.6 Å². The molecule has 2 heterocycles. The molecule has 5 rings (SSSR count). The molecule has 5 heteroatoms. The molecule has 2 fully saturated rings. The normalized spacial score (nSPS) is 18.4. The van der Waals surface area contributed by atoms with E-state index in [9.17, 15) is 4.79 Å². The molecule has 1 aliphatic heterocycles. The van der Waals surface area contributed by atoms with Gasteiger partial charge in [-0.2, -0.15) is 0 Å². The largest absolute Gasteiger partial charge is 0.493 e. The maximum atomic E-state index is 12.9. The zero-order chi connectivity index (χ0) is 18.2. The Hall–Kier alpha value is -2.79. The fraction of sp³-hybridized carbons (Fsp3) is 0.318. The molecule has 0 amide bonds. The molecule has 1 aromatic heterocycles. The van der Waals surface area contributed by atoms with Crippen molar-refractivity contribution in [3.63, 3.8) is 0 Å². The van der Waals surface area contributed by atoms with E-state index in [-0.39, 0.29) is 11.5 Å². The van der Waals surface area contributed by atoms with Crippen molar-refractivity contribution < 1.29 is 18.6 Å². The number of hydrogen-bond acceptors (Lipinski definition) is 5. The van der Waals surface area contributed by atoms with E-state index < -0.39 is 0 Å². The Morgan fingerprint density at radius 2 is 1.70 bits per heavy atom. The van der Waals surface area contributed by atoms with Crippen molar-refractivity contribution in [3.05, 3.63) is 59.0 Å². The molecule has 5 nitrogen and oxygen atoms in total. The minimum Gasteiger partial charge on any atom is -0.493 e. The average molecular weight is 364 g/mol. The topological polar surface area (TPSA) is 61.2 Å². The molecule has 3 aromatic rings. The summed E-state index contributed by atoms with van der Waals surface area (Å²) in [6, 6.07) is 12.9. The minimum absolute atomic E-state index is 0.0556. The van der Waals surface area contributed by atoms with E-state index >= 15 is 0 Å². The molecule has 27 heavy (non-hydrogen) atoms. The number of hydrogen-bond donors (Lipinski definition) is 0. The van der Waals surface area contributed by atoms with Crippen molar-refractivity contribution in [1.29, 1.82) is 0 Å². The van der Waals surface area contributed by atoms with Crippen LogP contribution in [0.3, 0.4) is 0 Å². The third-order valence-electron chi connectivity index (χ3n) is 4.93. The van der Waals surface area contributed by atoms with Gasteiger partial charge in [0.2, 0.25) is 0 Å². The minimum atomic E-state index is -0.0556. The van der Waals surface area contributed by atoms with Crippen LogP contribution in [0.1, 0.15) is 12.8 Å². The van der Waals surface area contributed by atoms with Crippen LogP contribution in [0.15, 0.2) is 57.9 Å². The summed E-state index contributed by atoms with van der Waals surface area (Å²) in [6.07, 6.45) is 4.22. The second-order valence-corrected chi connectivity index (χ2v) is 7.18. The highest BCUT2D eigenvalue weighted by Crippen LogP contribution is 2.30. The third kappa shape index (κ3) is 3.69. The molecule has 0 radical (unpaired) electrons. The summed E-state index contributed by atoms with van der Waals surface area (Å²) in [7, 11) is 0. The van der Waals surface area contributed by atoms with Crippen molar-refractivity contribution in [1.82, 2.24) is 0 Å². The van der Waals surface area contributed by atoms with Gasteiger partial charge in [0, 0.05) is 6.07 Å². The van der Waals surface area contributed by atoms with Crippen molar-refractivity contribution in [2.24, 2.45) is 5.92 Å². The lowest BCUT2D eigenvalue weighted by molar-refractivity contribution is 0.263.